The van der Waals surface area contributed by atoms with Crippen LogP contribution in [0.25, 0.3) is 44.2 Å². The third kappa shape index (κ3) is 2.09. The molecule has 1 aliphatic rings. The zero-order chi connectivity index (χ0) is 16.8. The van der Waals surface area contributed by atoms with E-state index in [9.17, 15) is 0 Å². The van der Waals surface area contributed by atoms with Crippen molar-refractivity contribution >= 4 is 10.8 Å². The van der Waals surface area contributed by atoms with Crippen molar-refractivity contribution in [2.45, 2.75) is 6.92 Å². The Balaban J connectivity index is 1.75. The minimum Gasteiger partial charge on any atom is -0.494 e. The first-order chi connectivity index (χ1) is 12.4. The fourth-order valence-electron chi connectivity index (χ4n) is 3.98. The topological polar surface area (TPSA) is 9.23 Å². The van der Waals surface area contributed by atoms with Gasteiger partial charge in [0.25, 0.3) is 0 Å². The fourth-order valence-corrected chi connectivity index (χ4v) is 3.98. The van der Waals surface area contributed by atoms with Gasteiger partial charge in [-0.1, -0.05) is 66.7 Å². The summed E-state index contributed by atoms with van der Waals surface area (Å²) in [6, 6.07) is 28.2. The maximum Gasteiger partial charge on any atom is 0.119 e. The molecule has 0 heterocycles. The Morgan fingerprint density at radius 1 is 0.640 bits per heavy atom. The van der Waals surface area contributed by atoms with Crippen LogP contribution in [0.5, 0.6) is 5.75 Å². The second-order valence-corrected chi connectivity index (χ2v) is 6.39. The van der Waals surface area contributed by atoms with Gasteiger partial charge in [-0.2, -0.15) is 0 Å². The molecule has 4 aromatic carbocycles. The highest BCUT2D eigenvalue weighted by molar-refractivity contribution is 6.18. The van der Waals surface area contributed by atoms with E-state index in [1.807, 2.05) is 6.92 Å². The molecule has 0 aliphatic heterocycles. The van der Waals surface area contributed by atoms with Gasteiger partial charge in [0.2, 0.25) is 0 Å². The highest BCUT2D eigenvalue weighted by Gasteiger charge is 2.23. The van der Waals surface area contributed by atoms with Crippen molar-refractivity contribution in [1.29, 1.82) is 0 Å². The standard InChI is InChI=1S/C24H18O/c1-2-25-18-14-12-16(13-15-18)19-8-5-10-21-20-9-3-6-17-7-4-11-22(23(17)20)24(19)21/h3-15H,2H2,1H3. The molecule has 120 valence electrons. The molecular formula is C24H18O. The van der Waals surface area contributed by atoms with E-state index in [0.29, 0.717) is 6.61 Å². The number of hydrogen-bond donors (Lipinski definition) is 0. The number of benzene rings is 4. The van der Waals surface area contributed by atoms with E-state index < -0.39 is 0 Å². The maximum absolute atomic E-state index is 5.59. The van der Waals surface area contributed by atoms with Gasteiger partial charge < -0.3 is 4.74 Å². The van der Waals surface area contributed by atoms with E-state index in [2.05, 4.69) is 78.9 Å². The van der Waals surface area contributed by atoms with Crippen molar-refractivity contribution in [3.8, 4) is 39.1 Å². The molecule has 0 spiro atoms. The fraction of sp³-hybridized carbons (Fsp3) is 0.0833. The van der Waals surface area contributed by atoms with Crippen LogP contribution in [0.3, 0.4) is 0 Å². The Morgan fingerprint density at radius 2 is 1.28 bits per heavy atom. The minimum atomic E-state index is 0.692. The first-order valence-corrected chi connectivity index (χ1v) is 8.75. The molecule has 1 aliphatic carbocycles. The van der Waals surface area contributed by atoms with E-state index in [4.69, 9.17) is 4.74 Å². The first-order valence-electron chi connectivity index (χ1n) is 8.75. The third-order valence-electron chi connectivity index (χ3n) is 5.00. The van der Waals surface area contributed by atoms with Crippen molar-refractivity contribution in [2.24, 2.45) is 0 Å². The molecule has 0 saturated heterocycles. The predicted octanol–water partition coefficient (Wildman–Crippen LogP) is 6.55. The summed E-state index contributed by atoms with van der Waals surface area (Å²) >= 11 is 0. The Labute approximate surface area is 147 Å². The lowest BCUT2D eigenvalue weighted by Crippen LogP contribution is -1.91. The molecule has 4 aromatic rings. The van der Waals surface area contributed by atoms with Gasteiger partial charge in [-0.25, -0.2) is 0 Å². The molecule has 0 bridgehead atoms. The minimum absolute atomic E-state index is 0.692. The first kappa shape index (κ1) is 14.3. The highest BCUT2D eigenvalue weighted by Crippen LogP contribution is 2.50. The largest absolute Gasteiger partial charge is 0.494 e. The predicted molar refractivity (Wildman–Crippen MR) is 105 cm³/mol. The van der Waals surface area contributed by atoms with E-state index in [-0.39, 0.29) is 0 Å². The molecule has 0 radical (unpaired) electrons. The number of ether oxygens (including phenoxy) is 1. The van der Waals surface area contributed by atoms with Crippen molar-refractivity contribution in [3.63, 3.8) is 0 Å². The van der Waals surface area contributed by atoms with E-state index in [1.165, 1.54) is 44.2 Å². The summed E-state index contributed by atoms with van der Waals surface area (Å²) < 4.78 is 5.59. The molecule has 5 rings (SSSR count). The Hall–Kier alpha value is -3.06. The summed E-state index contributed by atoms with van der Waals surface area (Å²) in [7, 11) is 0. The van der Waals surface area contributed by atoms with Crippen molar-refractivity contribution in [2.75, 3.05) is 6.61 Å². The Kier molecular flexibility index (Phi) is 3.14. The van der Waals surface area contributed by atoms with E-state index in [0.717, 1.165) is 5.75 Å². The summed E-state index contributed by atoms with van der Waals surface area (Å²) in [4.78, 5) is 0. The second-order valence-electron chi connectivity index (χ2n) is 6.39. The van der Waals surface area contributed by atoms with Crippen molar-refractivity contribution < 1.29 is 4.74 Å². The lowest BCUT2D eigenvalue weighted by atomic mass is 9.93. The molecule has 0 amide bonds. The van der Waals surface area contributed by atoms with Gasteiger partial charge in [0.05, 0.1) is 6.61 Å². The lowest BCUT2D eigenvalue weighted by Gasteiger charge is -2.11. The summed E-state index contributed by atoms with van der Waals surface area (Å²) in [6.45, 7) is 2.70. The zero-order valence-electron chi connectivity index (χ0n) is 14.1. The molecule has 1 heteroatoms. The van der Waals surface area contributed by atoms with Gasteiger partial charge in [-0.15, -0.1) is 0 Å². The number of fused-ring (bicyclic) bond motifs is 3. The molecule has 25 heavy (non-hydrogen) atoms. The van der Waals surface area contributed by atoms with Crippen LogP contribution in [0.2, 0.25) is 0 Å². The van der Waals surface area contributed by atoms with Gasteiger partial charge >= 0.3 is 0 Å². The van der Waals surface area contributed by atoms with Crippen LogP contribution in [0.1, 0.15) is 6.92 Å². The van der Waals surface area contributed by atoms with Gasteiger partial charge in [0.1, 0.15) is 5.75 Å². The van der Waals surface area contributed by atoms with Crippen LogP contribution >= 0.6 is 0 Å². The monoisotopic (exact) mass is 322 g/mol. The summed E-state index contributed by atoms with van der Waals surface area (Å²) in [5, 5.41) is 2.68. The summed E-state index contributed by atoms with van der Waals surface area (Å²) in [5.41, 5.74) is 7.87. The van der Waals surface area contributed by atoms with Crippen LogP contribution < -0.4 is 4.74 Å². The highest BCUT2D eigenvalue weighted by atomic mass is 16.5. The molecule has 0 fully saturated rings. The molecule has 0 N–H and O–H groups in total. The van der Waals surface area contributed by atoms with Crippen LogP contribution in [-0.4, -0.2) is 6.61 Å². The van der Waals surface area contributed by atoms with Crippen LogP contribution in [0.4, 0.5) is 0 Å². The molecule has 0 unspecified atom stereocenters. The molecule has 0 atom stereocenters. The summed E-state index contributed by atoms with van der Waals surface area (Å²) in [6.07, 6.45) is 0. The number of rotatable bonds is 3. The SMILES string of the molecule is CCOc1ccc(-c2cccc3c2-c2cccc4cccc-3c24)cc1. The molecule has 0 aromatic heterocycles. The number of hydrogen-bond acceptors (Lipinski definition) is 1. The Morgan fingerprint density at radius 3 is 2.04 bits per heavy atom. The second kappa shape index (κ2) is 5.49. The van der Waals surface area contributed by atoms with Crippen molar-refractivity contribution in [3.05, 3.63) is 78.9 Å². The van der Waals surface area contributed by atoms with E-state index in [1.54, 1.807) is 0 Å². The maximum atomic E-state index is 5.59. The normalized spacial score (nSPS) is 11.6. The van der Waals surface area contributed by atoms with Crippen LogP contribution in [-0.2, 0) is 0 Å². The Bertz CT molecular complexity index is 1090. The third-order valence-corrected chi connectivity index (χ3v) is 5.00. The van der Waals surface area contributed by atoms with Crippen LogP contribution in [0, 0.1) is 0 Å². The van der Waals surface area contributed by atoms with E-state index >= 15 is 0 Å². The smallest absolute Gasteiger partial charge is 0.119 e. The van der Waals surface area contributed by atoms with Gasteiger partial charge in [-0.05, 0) is 63.2 Å². The average molecular weight is 322 g/mol. The molecule has 1 nitrogen and oxygen atoms in total. The van der Waals surface area contributed by atoms with Gasteiger partial charge in [-0.3, -0.25) is 0 Å². The molecular weight excluding hydrogens is 304 g/mol. The van der Waals surface area contributed by atoms with Gasteiger partial charge in [0.15, 0.2) is 0 Å². The quantitative estimate of drug-likeness (QED) is 0.366. The van der Waals surface area contributed by atoms with Gasteiger partial charge in [0, 0.05) is 0 Å². The lowest BCUT2D eigenvalue weighted by molar-refractivity contribution is 0.340. The average Bonchev–Trinajstić information content (AvgIpc) is 3.00. The van der Waals surface area contributed by atoms with Crippen molar-refractivity contribution in [1.82, 2.24) is 0 Å². The van der Waals surface area contributed by atoms with Crippen LogP contribution in [0.15, 0.2) is 78.9 Å². The molecule has 0 saturated carbocycles. The zero-order valence-corrected chi connectivity index (χ0v) is 14.1. The summed E-state index contributed by atoms with van der Waals surface area (Å²) in [5.74, 6) is 0.921.